The van der Waals surface area contributed by atoms with E-state index in [1.807, 2.05) is 31.3 Å². The molecule has 3 rings (SSSR count). The lowest BCUT2D eigenvalue weighted by Gasteiger charge is -2.26. The smallest absolute Gasteiger partial charge is 0.291 e. The number of anilines is 1. The Hall–Kier alpha value is -1.73. The highest BCUT2D eigenvalue weighted by atomic mass is 32.1. The number of hydrogen-bond acceptors (Lipinski definition) is 6. The van der Waals surface area contributed by atoms with Crippen LogP contribution in [0.25, 0.3) is 10.9 Å². The van der Waals surface area contributed by atoms with Gasteiger partial charge in [0, 0.05) is 37.4 Å². The van der Waals surface area contributed by atoms with Crippen LogP contribution in [0.4, 0.5) is 5.82 Å². The predicted octanol–water partition coefficient (Wildman–Crippen LogP) is 1.54. The van der Waals surface area contributed by atoms with Crippen LogP contribution in [0.1, 0.15) is 15.5 Å². The largest absolute Gasteiger partial charge is 0.378 e. The molecule has 0 saturated carbocycles. The molecule has 0 atom stereocenters. The SMILES string of the molecule is Cc1scc2nc(C(=O)N3CCOCC3)nc(N(C)C)c12. The molecule has 6 nitrogen and oxygen atoms in total. The molecule has 2 aromatic heterocycles. The minimum atomic E-state index is -0.118. The first-order chi connectivity index (χ1) is 10.1. The Bertz CT molecular complexity index is 677. The van der Waals surface area contributed by atoms with Crippen molar-refractivity contribution in [1.82, 2.24) is 14.9 Å². The summed E-state index contributed by atoms with van der Waals surface area (Å²) < 4.78 is 5.28. The first-order valence-electron chi connectivity index (χ1n) is 6.88. The van der Waals surface area contributed by atoms with E-state index < -0.39 is 0 Å². The van der Waals surface area contributed by atoms with Crippen molar-refractivity contribution in [3.8, 4) is 0 Å². The second-order valence-corrected chi connectivity index (χ2v) is 6.31. The second kappa shape index (κ2) is 5.57. The van der Waals surface area contributed by atoms with Crippen LogP contribution in [0.2, 0.25) is 0 Å². The highest BCUT2D eigenvalue weighted by molar-refractivity contribution is 7.11. The van der Waals surface area contributed by atoms with Gasteiger partial charge in [-0.05, 0) is 6.92 Å². The molecule has 1 aliphatic heterocycles. The molecule has 0 bridgehead atoms. The van der Waals surface area contributed by atoms with E-state index in [0.29, 0.717) is 26.3 Å². The summed E-state index contributed by atoms with van der Waals surface area (Å²) in [7, 11) is 3.86. The van der Waals surface area contributed by atoms with Gasteiger partial charge < -0.3 is 14.5 Å². The van der Waals surface area contributed by atoms with Crippen molar-refractivity contribution < 1.29 is 9.53 Å². The molecule has 0 aromatic carbocycles. The number of carbonyl (C=O) groups is 1. The zero-order valence-corrected chi connectivity index (χ0v) is 13.2. The monoisotopic (exact) mass is 306 g/mol. The van der Waals surface area contributed by atoms with E-state index in [0.717, 1.165) is 16.7 Å². The molecule has 2 aromatic rings. The van der Waals surface area contributed by atoms with Crippen molar-refractivity contribution in [3.05, 3.63) is 16.1 Å². The van der Waals surface area contributed by atoms with Gasteiger partial charge in [-0.1, -0.05) is 0 Å². The van der Waals surface area contributed by atoms with E-state index in [1.54, 1.807) is 16.2 Å². The van der Waals surface area contributed by atoms with Crippen molar-refractivity contribution in [2.24, 2.45) is 0 Å². The standard InChI is InChI=1S/C14H18N4O2S/c1-9-11-10(8-21-9)15-12(16-13(11)17(2)3)14(19)18-4-6-20-7-5-18/h8H,4-7H2,1-3H3. The van der Waals surface area contributed by atoms with E-state index >= 15 is 0 Å². The number of ether oxygens (including phenoxy) is 1. The van der Waals surface area contributed by atoms with Crippen LogP contribution in [0.3, 0.4) is 0 Å². The van der Waals surface area contributed by atoms with Gasteiger partial charge in [0.05, 0.1) is 24.1 Å². The molecule has 21 heavy (non-hydrogen) atoms. The van der Waals surface area contributed by atoms with Crippen molar-refractivity contribution in [1.29, 1.82) is 0 Å². The number of rotatable bonds is 2. The zero-order chi connectivity index (χ0) is 15.0. The zero-order valence-electron chi connectivity index (χ0n) is 12.4. The van der Waals surface area contributed by atoms with Gasteiger partial charge in [0.25, 0.3) is 5.91 Å². The lowest BCUT2D eigenvalue weighted by molar-refractivity contribution is 0.0295. The molecule has 0 unspecified atom stereocenters. The third kappa shape index (κ3) is 2.58. The molecule has 0 spiro atoms. The number of hydrogen-bond donors (Lipinski definition) is 0. The molecule has 1 fully saturated rings. The van der Waals surface area contributed by atoms with E-state index in [1.165, 1.54) is 4.88 Å². The topological polar surface area (TPSA) is 58.6 Å². The Kier molecular flexibility index (Phi) is 3.77. The van der Waals surface area contributed by atoms with Crippen LogP contribution in [0.5, 0.6) is 0 Å². The third-order valence-corrected chi connectivity index (χ3v) is 4.43. The lowest BCUT2D eigenvalue weighted by Crippen LogP contribution is -2.41. The Morgan fingerprint density at radius 2 is 2.05 bits per heavy atom. The predicted molar refractivity (Wildman–Crippen MR) is 83.2 cm³/mol. The average Bonchev–Trinajstić information content (AvgIpc) is 2.88. The quantitative estimate of drug-likeness (QED) is 0.842. The maximum Gasteiger partial charge on any atom is 0.291 e. The van der Waals surface area contributed by atoms with Gasteiger partial charge in [-0.2, -0.15) is 0 Å². The fourth-order valence-electron chi connectivity index (χ4n) is 2.42. The number of carbonyl (C=O) groups excluding carboxylic acids is 1. The Labute approximate surface area is 127 Å². The fraction of sp³-hybridized carbons (Fsp3) is 0.500. The maximum atomic E-state index is 12.6. The number of amides is 1. The summed E-state index contributed by atoms with van der Waals surface area (Å²) in [6.45, 7) is 4.39. The molecule has 112 valence electrons. The number of aromatic nitrogens is 2. The molecule has 0 N–H and O–H groups in total. The molecule has 1 saturated heterocycles. The van der Waals surface area contributed by atoms with E-state index in [4.69, 9.17) is 4.74 Å². The van der Waals surface area contributed by atoms with Gasteiger partial charge in [0.15, 0.2) is 0 Å². The molecular weight excluding hydrogens is 288 g/mol. The first-order valence-corrected chi connectivity index (χ1v) is 7.76. The van der Waals surface area contributed by atoms with E-state index in [9.17, 15) is 4.79 Å². The molecule has 1 aliphatic rings. The number of thiophene rings is 1. The van der Waals surface area contributed by atoms with Crippen molar-refractivity contribution >= 4 is 34.0 Å². The summed E-state index contributed by atoms with van der Waals surface area (Å²) in [4.78, 5) is 26.4. The summed E-state index contributed by atoms with van der Waals surface area (Å²) in [5.74, 6) is 0.952. The summed E-state index contributed by atoms with van der Waals surface area (Å²) in [5, 5.41) is 3.01. The summed E-state index contributed by atoms with van der Waals surface area (Å²) in [6.07, 6.45) is 0. The molecule has 3 heterocycles. The van der Waals surface area contributed by atoms with Crippen LogP contribution in [-0.4, -0.2) is 61.2 Å². The number of nitrogens with zero attached hydrogens (tertiary/aromatic N) is 4. The van der Waals surface area contributed by atoms with Gasteiger partial charge in [0.1, 0.15) is 5.82 Å². The summed E-state index contributed by atoms with van der Waals surface area (Å²) >= 11 is 1.63. The second-order valence-electron chi connectivity index (χ2n) is 5.22. The van der Waals surface area contributed by atoms with Crippen LogP contribution in [0.15, 0.2) is 5.38 Å². The van der Waals surface area contributed by atoms with Crippen LogP contribution in [-0.2, 0) is 4.74 Å². The van der Waals surface area contributed by atoms with Gasteiger partial charge in [-0.15, -0.1) is 11.3 Å². The highest BCUT2D eigenvalue weighted by Crippen LogP contribution is 2.30. The van der Waals surface area contributed by atoms with E-state index in [2.05, 4.69) is 9.97 Å². The van der Waals surface area contributed by atoms with Crippen LogP contribution >= 0.6 is 11.3 Å². The molecule has 0 radical (unpaired) electrons. The van der Waals surface area contributed by atoms with E-state index in [-0.39, 0.29) is 11.7 Å². The molecule has 0 aliphatic carbocycles. The summed E-state index contributed by atoms with van der Waals surface area (Å²) in [6, 6.07) is 0. The molecule has 7 heteroatoms. The van der Waals surface area contributed by atoms with Crippen molar-refractivity contribution in [3.63, 3.8) is 0 Å². The maximum absolute atomic E-state index is 12.6. The lowest BCUT2D eigenvalue weighted by atomic mass is 10.2. The highest BCUT2D eigenvalue weighted by Gasteiger charge is 2.23. The normalized spacial score (nSPS) is 15.5. The van der Waals surface area contributed by atoms with Crippen molar-refractivity contribution in [2.75, 3.05) is 45.3 Å². The molecule has 1 amide bonds. The van der Waals surface area contributed by atoms with Gasteiger partial charge >= 0.3 is 0 Å². The van der Waals surface area contributed by atoms with Crippen LogP contribution in [0, 0.1) is 6.92 Å². The minimum Gasteiger partial charge on any atom is -0.378 e. The van der Waals surface area contributed by atoms with Gasteiger partial charge in [-0.25, -0.2) is 9.97 Å². The average molecular weight is 306 g/mol. The third-order valence-electron chi connectivity index (χ3n) is 3.53. The number of morpholine rings is 1. The Balaban J connectivity index is 2.04. The van der Waals surface area contributed by atoms with Crippen LogP contribution < -0.4 is 4.90 Å². The molecular formula is C14H18N4O2S. The van der Waals surface area contributed by atoms with Crippen molar-refractivity contribution in [2.45, 2.75) is 6.92 Å². The van der Waals surface area contributed by atoms with Gasteiger partial charge in [0.2, 0.25) is 5.82 Å². The first kappa shape index (κ1) is 14.2. The number of fused-ring (bicyclic) bond motifs is 1. The minimum absolute atomic E-state index is 0.118. The fourth-order valence-corrected chi connectivity index (χ4v) is 3.19. The summed E-state index contributed by atoms with van der Waals surface area (Å²) in [5.41, 5.74) is 0.841. The Morgan fingerprint density at radius 3 is 2.71 bits per heavy atom. The number of aryl methyl sites for hydroxylation is 1. The van der Waals surface area contributed by atoms with Gasteiger partial charge in [-0.3, -0.25) is 4.79 Å². The Morgan fingerprint density at radius 1 is 1.33 bits per heavy atom.